The fourth-order valence-electron chi connectivity index (χ4n) is 3.24. The molecule has 1 saturated heterocycles. The summed E-state index contributed by atoms with van der Waals surface area (Å²) in [6.07, 6.45) is 0.917. The number of carbonyl (C=O) groups is 2. The van der Waals surface area contributed by atoms with E-state index in [4.69, 9.17) is 0 Å². The lowest BCUT2D eigenvalue weighted by atomic mass is 10.1. The van der Waals surface area contributed by atoms with Crippen LogP contribution >= 0.6 is 0 Å². The minimum atomic E-state index is -0.0879. The Morgan fingerprint density at radius 3 is 2.63 bits per heavy atom. The van der Waals surface area contributed by atoms with Crippen molar-refractivity contribution in [1.82, 2.24) is 4.90 Å². The minimum absolute atomic E-state index is 0.00934. The van der Waals surface area contributed by atoms with E-state index in [9.17, 15) is 9.59 Å². The maximum Gasteiger partial charge on any atom is 0.324 e. The molecule has 0 unspecified atom stereocenters. The summed E-state index contributed by atoms with van der Waals surface area (Å²) >= 11 is 0. The maximum atomic E-state index is 13.0. The lowest BCUT2D eigenvalue weighted by molar-refractivity contribution is -0.118. The molecular formula is C22H27N3O2. The lowest BCUT2D eigenvalue weighted by Gasteiger charge is -2.36. The fraction of sp³-hybridized carbons (Fsp3) is 0.364. The van der Waals surface area contributed by atoms with Crippen LogP contribution in [-0.2, 0) is 11.3 Å². The molecule has 0 aromatic heterocycles. The van der Waals surface area contributed by atoms with Crippen molar-refractivity contribution in [2.75, 3.05) is 23.3 Å². The number of urea groups is 1. The van der Waals surface area contributed by atoms with Crippen LogP contribution < -0.4 is 10.2 Å². The van der Waals surface area contributed by atoms with Gasteiger partial charge >= 0.3 is 6.03 Å². The molecule has 0 atom stereocenters. The van der Waals surface area contributed by atoms with Gasteiger partial charge in [0.25, 0.3) is 0 Å². The third kappa shape index (κ3) is 4.67. The number of benzene rings is 2. The number of hydrogen-bond acceptors (Lipinski definition) is 2. The zero-order valence-corrected chi connectivity index (χ0v) is 16.2. The van der Waals surface area contributed by atoms with Crippen molar-refractivity contribution >= 4 is 23.3 Å². The number of rotatable bonds is 5. The lowest BCUT2D eigenvalue weighted by Crippen LogP contribution is -2.49. The number of carbonyl (C=O) groups excluding carboxylic acids is 2. The van der Waals surface area contributed by atoms with E-state index in [-0.39, 0.29) is 17.9 Å². The van der Waals surface area contributed by atoms with E-state index in [1.807, 2.05) is 49.1 Å². The monoisotopic (exact) mass is 365 g/mol. The highest BCUT2D eigenvalue weighted by Crippen LogP contribution is 2.24. The van der Waals surface area contributed by atoms with Crippen LogP contribution in [0.1, 0.15) is 31.4 Å². The molecule has 0 spiro atoms. The summed E-state index contributed by atoms with van der Waals surface area (Å²) in [5.74, 6) is -0.117. The van der Waals surface area contributed by atoms with Gasteiger partial charge in [-0.2, -0.15) is 0 Å². The van der Waals surface area contributed by atoms with Crippen molar-refractivity contribution in [3.63, 3.8) is 0 Å². The molecule has 0 radical (unpaired) electrons. The third-order valence-corrected chi connectivity index (χ3v) is 4.72. The van der Waals surface area contributed by atoms with Crippen molar-refractivity contribution < 1.29 is 9.59 Å². The van der Waals surface area contributed by atoms with Crippen molar-refractivity contribution in [1.29, 1.82) is 0 Å². The maximum absolute atomic E-state index is 13.0. The third-order valence-electron chi connectivity index (χ3n) is 4.72. The van der Waals surface area contributed by atoms with E-state index >= 15 is 0 Å². The quantitative estimate of drug-likeness (QED) is 0.853. The molecule has 1 fully saturated rings. The molecule has 27 heavy (non-hydrogen) atoms. The molecule has 142 valence electrons. The van der Waals surface area contributed by atoms with Crippen molar-refractivity contribution in [3.05, 3.63) is 59.7 Å². The van der Waals surface area contributed by atoms with Gasteiger partial charge < -0.3 is 10.2 Å². The molecule has 1 aliphatic heterocycles. The summed E-state index contributed by atoms with van der Waals surface area (Å²) < 4.78 is 0. The van der Waals surface area contributed by atoms with Crippen LogP contribution in [0.25, 0.3) is 0 Å². The van der Waals surface area contributed by atoms with Gasteiger partial charge in [0.1, 0.15) is 0 Å². The Morgan fingerprint density at radius 2 is 1.89 bits per heavy atom. The highest BCUT2D eigenvalue weighted by Gasteiger charge is 2.27. The van der Waals surface area contributed by atoms with E-state index in [0.717, 1.165) is 29.9 Å². The summed E-state index contributed by atoms with van der Waals surface area (Å²) in [5, 5.41) is 2.90. The first-order chi connectivity index (χ1) is 12.9. The second-order valence-electron chi connectivity index (χ2n) is 7.39. The normalized spacial score (nSPS) is 14.6. The van der Waals surface area contributed by atoms with Crippen molar-refractivity contribution in [2.24, 2.45) is 5.92 Å². The Morgan fingerprint density at radius 1 is 1.11 bits per heavy atom. The summed E-state index contributed by atoms with van der Waals surface area (Å²) in [6.45, 7) is 7.83. The van der Waals surface area contributed by atoms with Crippen LogP contribution in [0.5, 0.6) is 0 Å². The van der Waals surface area contributed by atoms with Crippen LogP contribution in [0, 0.1) is 12.8 Å². The topological polar surface area (TPSA) is 52.6 Å². The first kappa shape index (κ1) is 19.0. The van der Waals surface area contributed by atoms with Gasteiger partial charge in [0.05, 0.1) is 0 Å². The molecule has 1 aliphatic rings. The second-order valence-corrected chi connectivity index (χ2v) is 7.39. The molecule has 0 saturated carbocycles. The minimum Gasteiger partial charge on any atom is -0.326 e. The molecule has 1 heterocycles. The van der Waals surface area contributed by atoms with Gasteiger partial charge in [0.15, 0.2) is 0 Å². The molecule has 3 amide bonds. The van der Waals surface area contributed by atoms with Gasteiger partial charge in [-0.05, 0) is 37.1 Å². The molecule has 0 aliphatic carbocycles. The number of nitrogens with zero attached hydrogens (tertiary/aromatic N) is 2. The molecule has 2 aromatic carbocycles. The Hall–Kier alpha value is -2.82. The summed E-state index contributed by atoms with van der Waals surface area (Å²) in [7, 11) is 0. The molecule has 1 N–H and O–H groups in total. The molecule has 0 bridgehead atoms. The molecular weight excluding hydrogens is 338 g/mol. The van der Waals surface area contributed by atoms with E-state index in [2.05, 4.69) is 30.4 Å². The Labute approximate surface area is 161 Å². The highest BCUT2D eigenvalue weighted by molar-refractivity contribution is 5.95. The van der Waals surface area contributed by atoms with Gasteiger partial charge in [-0.1, -0.05) is 49.7 Å². The summed E-state index contributed by atoms with van der Waals surface area (Å²) in [4.78, 5) is 28.7. The van der Waals surface area contributed by atoms with E-state index in [0.29, 0.717) is 13.1 Å². The van der Waals surface area contributed by atoms with Crippen LogP contribution in [0.15, 0.2) is 48.5 Å². The average molecular weight is 365 g/mol. The zero-order chi connectivity index (χ0) is 19.4. The average Bonchev–Trinajstić information content (AvgIpc) is 2.63. The van der Waals surface area contributed by atoms with Crippen LogP contribution in [-0.4, -0.2) is 29.9 Å². The van der Waals surface area contributed by atoms with Gasteiger partial charge in [-0.3, -0.25) is 9.69 Å². The SMILES string of the molecule is Cc1cccc(CN2CCCN(c3cccc(NC(=O)C(C)C)c3)C2=O)c1. The zero-order valence-electron chi connectivity index (χ0n) is 16.2. The van der Waals surface area contributed by atoms with Gasteiger partial charge in [-0.25, -0.2) is 4.79 Å². The van der Waals surface area contributed by atoms with Gasteiger partial charge in [0, 0.05) is 36.9 Å². The highest BCUT2D eigenvalue weighted by atomic mass is 16.2. The standard InChI is InChI=1S/C22H27N3O2/c1-16(2)21(26)23-19-9-5-10-20(14-19)25-12-6-11-24(22(25)27)15-18-8-4-7-17(3)13-18/h4-5,7-10,13-14,16H,6,11-12,15H2,1-3H3,(H,23,26). The Kier molecular flexibility index (Phi) is 5.79. The molecule has 5 heteroatoms. The second kappa shape index (κ2) is 8.25. The number of aryl methyl sites for hydroxylation is 1. The molecule has 5 nitrogen and oxygen atoms in total. The number of nitrogens with one attached hydrogen (secondary N) is 1. The molecule has 2 aromatic rings. The first-order valence-electron chi connectivity index (χ1n) is 9.47. The van der Waals surface area contributed by atoms with Crippen molar-refractivity contribution in [3.8, 4) is 0 Å². The van der Waals surface area contributed by atoms with Crippen LogP contribution in [0.4, 0.5) is 16.2 Å². The Balaban J connectivity index is 1.74. The van der Waals surface area contributed by atoms with E-state index < -0.39 is 0 Å². The van der Waals surface area contributed by atoms with E-state index in [1.54, 1.807) is 4.90 Å². The fourth-order valence-corrected chi connectivity index (χ4v) is 3.24. The summed E-state index contributed by atoms with van der Waals surface area (Å²) in [5.41, 5.74) is 3.87. The van der Waals surface area contributed by atoms with Gasteiger partial charge in [-0.15, -0.1) is 0 Å². The predicted octanol–water partition coefficient (Wildman–Crippen LogP) is 4.42. The van der Waals surface area contributed by atoms with Gasteiger partial charge in [0.2, 0.25) is 5.91 Å². The largest absolute Gasteiger partial charge is 0.326 e. The first-order valence-corrected chi connectivity index (χ1v) is 9.47. The van der Waals surface area contributed by atoms with Crippen LogP contribution in [0.2, 0.25) is 0 Å². The van der Waals surface area contributed by atoms with Crippen LogP contribution in [0.3, 0.4) is 0 Å². The molecule has 3 rings (SSSR count). The summed E-state index contributed by atoms with van der Waals surface area (Å²) in [6, 6.07) is 15.8. The number of amides is 3. The Bertz CT molecular complexity index is 832. The smallest absolute Gasteiger partial charge is 0.324 e. The number of anilines is 2. The predicted molar refractivity (Wildman–Crippen MR) is 109 cm³/mol. The van der Waals surface area contributed by atoms with Crippen molar-refractivity contribution in [2.45, 2.75) is 33.7 Å². The van der Waals surface area contributed by atoms with E-state index in [1.165, 1.54) is 5.56 Å². The number of hydrogen-bond donors (Lipinski definition) is 1.